The summed E-state index contributed by atoms with van der Waals surface area (Å²) in [7, 11) is 3.71. The molecule has 1 amide bonds. The Morgan fingerprint density at radius 1 is 1.32 bits per heavy atom. The van der Waals surface area contributed by atoms with Crippen LogP contribution in [0.25, 0.3) is 11.3 Å². The molecule has 2 aromatic rings. The Hall–Kier alpha value is -2.50. The molecule has 1 aromatic heterocycles. The van der Waals surface area contributed by atoms with Crippen LogP contribution in [0.1, 0.15) is 0 Å². The van der Waals surface area contributed by atoms with Crippen molar-refractivity contribution in [2.45, 2.75) is 0 Å². The van der Waals surface area contributed by atoms with Crippen LogP contribution < -0.4 is 16.0 Å². The molecule has 0 fully saturated rings. The average molecular weight is 257 g/mol. The maximum atomic E-state index is 11.5. The maximum Gasteiger partial charge on any atom is 0.243 e. The van der Waals surface area contributed by atoms with E-state index in [0.717, 1.165) is 22.6 Å². The zero-order valence-electron chi connectivity index (χ0n) is 10.8. The van der Waals surface area contributed by atoms with Crippen molar-refractivity contribution >= 4 is 23.1 Å². The van der Waals surface area contributed by atoms with Crippen molar-refractivity contribution in [3.05, 3.63) is 24.3 Å². The van der Waals surface area contributed by atoms with E-state index in [-0.39, 0.29) is 5.91 Å². The van der Waals surface area contributed by atoms with Crippen molar-refractivity contribution < 1.29 is 4.79 Å². The normalized spacial score (nSPS) is 14.2. The van der Waals surface area contributed by atoms with Crippen molar-refractivity contribution in [2.75, 3.05) is 29.5 Å². The molecule has 6 heteroatoms. The van der Waals surface area contributed by atoms with E-state index in [0.29, 0.717) is 12.4 Å². The minimum atomic E-state index is 0.00447. The Labute approximate surface area is 110 Å². The van der Waals surface area contributed by atoms with Gasteiger partial charge in [0, 0.05) is 25.7 Å². The zero-order valence-corrected chi connectivity index (χ0v) is 10.8. The molecule has 0 bridgehead atoms. The van der Waals surface area contributed by atoms with Crippen molar-refractivity contribution in [3.8, 4) is 11.3 Å². The molecule has 0 saturated heterocycles. The van der Waals surface area contributed by atoms with Crippen molar-refractivity contribution in [1.29, 1.82) is 0 Å². The van der Waals surface area contributed by atoms with Crippen LogP contribution >= 0.6 is 0 Å². The third-order valence-electron chi connectivity index (χ3n) is 3.28. The second-order valence-electron chi connectivity index (χ2n) is 4.71. The van der Waals surface area contributed by atoms with E-state index >= 15 is 0 Å². The predicted octanol–water partition coefficient (Wildman–Crippen LogP) is 1.06. The Bertz CT molecular complexity index is 642. The molecule has 98 valence electrons. The lowest BCUT2D eigenvalue weighted by Crippen LogP contribution is -2.35. The summed E-state index contributed by atoms with van der Waals surface area (Å²) in [6.07, 6.45) is 0. The summed E-state index contributed by atoms with van der Waals surface area (Å²) in [5, 5.41) is 7.21. The van der Waals surface area contributed by atoms with Gasteiger partial charge in [0.15, 0.2) is 0 Å². The van der Waals surface area contributed by atoms with Gasteiger partial charge in [0.05, 0.1) is 23.6 Å². The fraction of sp³-hybridized carbons (Fsp3) is 0.231. The number of carbonyl (C=O) groups is 1. The quantitative estimate of drug-likeness (QED) is 0.801. The average Bonchev–Trinajstić information content (AvgIpc) is 2.69. The summed E-state index contributed by atoms with van der Waals surface area (Å²) in [4.78, 5) is 13.4. The number of likely N-dealkylation sites (N-methyl/N-ethyl adjacent to an activating group) is 1. The van der Waals surface area contributed by atoms with Crippen molar-refractivity contribution in [3.63, 3.8) is 0 Å². The third-order valence-corrected chi connectivity index (χ3v) is 3.28. The van der Waals surface area contributed by atoms with Crippen molar-refractivity contribution in [1.82, 2.24) is 9.78 Å². The highest BCUT2D eigenvalue weighted by Crippen LogP contribution is 2.33. The van der Waals surface area contributed by atoms with E-state index in [9.17, 15) is 4.79 Å². The molecule has 0 saturated carbocycles. The number of rotatable bonds is 1. The molecular weight excluding hydrogens is 242 g/mol. The molecule has 0 atom stereocenters. The monoisotopic (exact) mass is 257 g/mol. The van der Waals surface area contributed by atoms with Gasteiger partial charge in [-0.2, -0.15) is 5.10 Å². The first-order valence-corrected chi connectivity index (χ1v) is 5.99. The molecular formula is C13H15N5O. The van der Waals surface area contributed by atoms with E-state index in [2.05, 4.69) is 10.4 Å². The number of nitrogens with zero attached hydrogens (tertiary/aromatic N) is 3. The maximum absolute atomic E-state index is 11.5. The summed E-state index contributed by atoms with van der Waals surface area (Å²) in [5.74, 6) is 0.624. The second-order valence-corrected chi connectivity index (χ2v) is 4.71. The summed E-state index contributed by atoms with van der Waals surface area (Å²) < 4.78 is 1.64. The van der Waals surface area contributed by atoms with Crippen LogP contribution in [0.5, 0.6) is 0 Å². The van der Waals surface area contributed by atoms with Crippen LogP contribution in [0.4, 0.5) is 17.2 Å². The smallest absolute Gasteiger partial charge is 0.243 e. The number of nitrogens with one attached hydrogen (secondary N) is 1. The first-order chi connectivity index (χ1) is 9.04. The Morgan fingerprint density at radius 3 is 2.79 bits per heavy atom. The van der Waals surface area contributed by atoms with Crippen LogP contribution in [0.15, 0.2) is 24.3 Å². The lowest BCUT2D eigenvalue weighted by atomic mass is 10.1. The Balaban J connectivity index is 2.06. The lowest BCUT2D eigenvalue weighted by Gasteiger charge is -2.27. The second kappa shape index (κ2) is 4.01. The molecule has 0 unspecified atom stereocenters. The van der Waals surface area contributed by atoms with Gasteiger partial charge in [-0.25, -0.2) is 0 Å². The SMILES string of the molecule is CN1CC(=O)Nc2ccc(-c3cc(N)n(C)n3)cc21. The molecule has 1 aliphatic rings. The standard InChI is InChI=1S/C13H15N5O/c1-17-7-13(19)15-9-4-3-8(5-11(9)17)10-6-12(14)18(2)16-10/h3-6H,7,14H2,1-2H3,(H,15,19). The van der Waals surface area contributed by atoms with Gasteiger partial charge < -0.3 is 16.0 Å². The molecule has 3 rings (SSSR count). The number of aromatic nitrogens is 2. The van der Waals surface area contributed by atoms with Gasteiger partial charge in [0.2, 0.25) is 5.91 Å². The molecule has 19 heavy (non-hydrogen) atoms. The fourth-order valence-corrected chi connectivity index (χ4v) is 2.23. The summed E-state index contributed by atoms with van der Waals surface area (Å²) in [6, 6.07) is 7.67. The van der Waals surface area contributed by atoms with Gasteiger partial charge in [-0.3, -0.25) is 9.48 Å². The minimum Gasteiger partial charge on any atom is -0.384 e. The van der Waals surface area contributed by atoms with Gasteiger partial charge in [0.1, 0.15) is 5.82 Å². The van der Waals surface area contributed by atoms with Crippen LogP contribution in [0.2, 0.25) is 0 Å². The highest BCUT2D eigenvalue weighted by Gasteiger charge is 2.19. The largest absolute Gasteiger partial charge is 0.384 e. The van der Waals surface area contributed by atoms with E-state index in [1.807, 2.05) is 43.3 Å². The number of anilines is 3. The zero-order chi connectivity index (χ0) is 13.6. The molecule has 1 aliphatic heterocycles. The summed E-state index contributed by atoms with van der Waals surface area (Å²) >= 11 is 0. The number of nitrogens with two attached hydrogens (primary N) is 1. The number of aryl methyl sites for hydroxylation is 1. The number of amides is 1. The van der Waals surface area contributed by atoms with E-state index < -0.39 is 0 Å². The van der Waals surface area contributed by atoms with E-state index in [1.54, 1.807) is 4.68 Å². The lowest BCUT2D eigenvalue weighted by molar-refractivity contribution is -0.115. The molecule has 2 heterocycles. The molecule has 0 spiro atoms. The molecule has 6 nitrogen and oxygen atoms in total. The molecule has 1 aromatic carbocycles. The number of fused-ring (bicyclic) bond motifs is 1. The molecule has 3 N–H and O–H groups in total. The van der Waals surface area contributed by atoms with Crippen LogP contribution in [-0.4, -0.2) is 29.3 Å². The first kappa shape index (κ1) is 11.6. The van der Waals surface area contributed by atoms with Crippen LogP contribution in [-0.2, 0) is 11.8 Å². The first-order valence-electron chi connectivity index (χ1n) is 5.99. The topological polar surface area (TPSA) is 76.2 Å². The minimum absolute atomic E-state index is 0.00447. The van der Waals surface area contributed by atoms with Gasteiger partial charge in [-0.05, 0) is 12.1 Å². The predicted molar refractivity (Wildman–Crippen MR) is 75.0 cm³/mol. The Morgan fingerprint density at radius 2 is 2.11 bits per heavy atom. The number of nitrogen functional groups attached to an aromatic ring is 1. The summed E-state index contributed by atoms with van der Waals surface area (Å²) in [6.45, 7) is 0.362. The highest BCUT2D eigenvalue weighted by molar-refractivity contribution is 6.01. The van der Waals surface area contributed by atoms with Gasteiger partial charge >= 0.3 is 0 Å². The highest BCUT2D eigenvalue weighted by atomic mass is 16.2. The summed E-state index contributed by atoms with van der Waals surface area (Å²) in [5.41, 5.74) is 9.41. The molecule has 0 radical (unpaired) electrons. The number of hydrogen-bond donors (Lipinski definition) is 2. The number of benzene rings is 1. The van der Waals surface area contributed by atoms with E-state index in [1.165, 1.54) is 0 Å². The molecule has 0 aliphatic carbocycles. The van der Waals surface area contributed by atoms with E-state index in [4.69, 9.17) is 5.73 Å². The Kier molecular flexibility index (Phi) is 2.45. The third kappa shape index (κ3) is 1.91. The van der Waals surface area contributed by atoms with Crippen molar-refractivity contribution in [2.24, 2.45) is 7.05 Å². The van der Waals surface area contributed by atoms with Gasteiger partial charge in [-0.15, -0.1) is 0 Å². The number of carbonyl (C=O) groups excluding carboxylic acids is 1. The fourth-order valence-electron chi connectivity index (χ4n) is 2.23. The van der Waals surface area contributed by atoms with Crippen LogP contribution in [0.3, 0.4) is 0 Å². The van der Waals surface area contributed by atoms with Gasteiger partial charge in [-0.1, -0.05) is 6.07 Å². The van der Waals surface area contributed by atoms with Crippen LogP contribution in [0, 0.1) is 0 Å². The van der Waals surface area contributed by atoms with Gasteiger partial charge in [0.25, 0.3) is 0 Å². The number of hydrogen-bond acceptors (Lipinski definition) is 4.